The summed E-state index contributed by atoms with van der Waals surface area (Å²) in [7, 11) is 0. The number of aliphatic hydroxyl groups excluding tert-OH is 1. The Kier molecular flexibility index (Phi) is 5.03. The predicted octanol–water partition coefficient (Wildman–Crippen LogP) is 2.32. The van der Waals surface area contributed by atoms with Crippen LogP contribution in [0.1, 0.15) is 70.6 Å². The highest BCUT2D eigenvalue weighted by molar-refractivity contribution is 5.87. The number of hydrogen-bond acceptors (Lipinski definition) is 3. The molecule has 4 rings (SSSR count). The number of carbonyl (C=O) groups is 2. The second-order valence-electron chi connectivity index (χ2n) is 8.61. The first kappa shape index (κ1) is 17.3. The molecule has 25 heavy (non-hydrogen) atoms. The number of rotatable bonds is 3. The Bertz CT molecular complexity index is 511. The van der Waals surface area contributed by atoms with Crippen molar-refractivity contribution < 1.29 is 14.7 Å². The smallest absolute Gasteiger partial charge is 0.252 e. The maximum Gasteiger partial charge on any atom is 0.252 e. The van der Waals surface area contributed by atoms with Gasteiger partial charge < -0.3 is 14.9 Å². The Morgan fingerprint density at radius 3 is 1.88 bits per heavy atom. The van der Waals surface area contributed by atoms with E-state index in [-0.39, 0.29) is 29.7 Å². The molecule has 2 amide bonds. The average Bonchev–Trinajstić information content (AvgIpc) is 3.17. The monoisotopic (exact) mass is 348 g/mol. The molecule has 2 aliphatic heterocycles. The molecule has 140 valence electrons. The maximum absolute atomic E-state index is 13.0. The number of nitrogens with zero attached hydrogens (tertiary/aromatic N) is 2. The molecule has 2 aliphatic carbocycles. The standard InChI is InChI=1S/C20H32N2O3/c23-18-17(13-22(20(18)25)15-9-5-2-6-10-15)16-11-12-21(19(16)24)14-7-3-1-4-8-14/h14-18,23H,1-13H2/t16-,17-,18-/m1/s1. The van der Waals surface area contributed by atoms with Gasteiger partial charge in [-0.1, -0.05) is 38.5 Å². The number of amides is 2. The third kappa shape index (κ3) is 3.20. The zero-order chi connectivity index (χ0) is 17.4. The highest BCUT2D eigenvalue weighted by Gasteiger charge is 2.50. The minimum Gasteiger partial charge on any atom is -0.383 e. The van der Waals surface area contributed by atoms with Gasteiger partial charge in [0.25, 0.3) is 5.91 Å². The molecule has 0 radical (unpaired) electrons. The van der Waals surface area contributed by atoms with Gasteiger partial charge in [0.1, 0.15) is 6.10 Å². The molecule has 5 heteroatoms. The van der Waals surface area contributed by atoms with Crippen molar-refractivity contribution in [1.29, 1.82) is 0 Å². The molecule has 5 nitrogen and oxygen atoms in total. The van der Waals surface area contributed by atoms with Crippen LogP contribution >= 0.6 is 0 Å². The zero-order valence-corrected chi connectivity index (χ0v) is 15.2. The molecule has 0 bridgehead atoms. The lowest BCUT2D eigenvalue weighted by Crippen LogP contribution is -2.41. The molecule has 4 aliphatic rings. The van der Waals surface area contributed by atoms with Crippen LogP contribution in [-0.2, 0) is 9.59 Å². The van der Waals surface area contributed by atoms with E-state index in [0.717, 1.165) is 38.6 Å². The van der Waals surface area contributed by atoms with E-state index in [1.54, 1.807) is 0 Å². The molecule has 0 aromatic rings. The van der Waals surface area contributed by atoms with E-state index in [9.17, 15) is 14.7 Å². The summed E-state index contributed by atoms with van der Waals surface area (Å²) in [5, 5.41) is 10.6. The van der Waals surface area contributed by atoms with Gasteiger partial charge in [-0.05, 0) is 32.1 Å². The molecule has 2 saturated carbocycles. The quantitative estimate of drug-likeness (QED) is 0.851. The van der Waals surface area contributed by atoms with E-state index < -0.39 is 6.10 Å². The molecule has 2 heterocycles. The average molecular weight is 348 g/mol. The second-order valence-corrected chi connectivity index (χ2v) is 8.61. The highest BCUT2D eigenvalue weighted by Crippen LogP contribution is 2.38. The molecule has 2 saturated heterocycles. The number of likely N-dealkylation sites (tertiary alicyclic amines) is 2. The highest BCUT2D eigenvalue weighted by atomic mass is 16.3. The summed E-state index contributed by atoms with van der Waals surface area (Å²) in [6.45, 7) is 1.40. The van der Waals surface area contributed by atoms with Gasteiger partial charge in [0.05, 0.1) is 0 Å². The van der Waals surface area contributed by atoms with Gasteiger partial charge in [-0.25, -0.2) is 0 Å². The molecular formula is C20H32N2O3. The maximum atomic E-state index is 13.0. The van der Waals surface area contributed by atoms with Crippen LogP contribution in [0.15, 0.2) is 0 Å². The van der Waals surface area contributed by atoms with Gasteiger partial charge >= 0.3 is 0 Å². The van der Waals surface area contributed by atoms with E-state index >= 15 is 0 Å². The summed E-state index contributed by atoms with van der Waals surface area (Å²) in [5.74, 6) is -0.278. The van der Waals surface area contributed by atoms with Gasteiger partial charge in [0.2, 0.25) is 5.91 Å². The van der Waals surface area contributed by atoms with Crippen LogP contribution in [0.5, 0.6) is 0 Å². The second kappa shape index (κ2) is 7.26. The SMILES string of the molecule is O=C1[C@H](O)[C@@H]([C@H]2CCN(C3CCCCC3)C2=O)CN1C1CCCCC1. The third-order valence-electron chi connectivity index (χ3n) is 7.18. The normalized spacial score (nSPS) is 35.8. The fourth-order valence-corrected chi connectivity index (χ4v) is 5.72. The summed E-state index contributed by atoms with van der Waals surface area (Å²) >= 11 is 0. The van der Waals surface area contributed by atoms with E-state index in [1.807, 2.05) is 4.90 Å². The van der Waals surface area contributed by atoms with Crippen molar-refractivity contribution in [2.75, 3.05) is 13.1 Å². The molecule has 0 unspecified atom stereocenters. The summed E-state index contributed by atoms with van der Waals surface area (Å²) in [4.78, 5) is 29.6. The van der Waals surface area contributed by atoms with Crippen LogP contribution in [0.2, 0.25) is 0 Å². The molecule has 0 spiro atoms. The number of carbonyl (C=O) groups excluding carboxylic acids is 2. The molecule has 0 aromatic heterocycles. The largest absolute Gasteiger partial charge is 0.383 e. The topological polar surface area (TPSA) is 60.9 Å². The first-order valence-corrected chi connectivity index (χ1v) is 10.5. The van der Waals surface area contributed by atoms with E-state index in [4.69, 9.17) is 0 Å². The zero-order valence-electron chi connectivity index (χ0n) is 15.2. The van der Waals surface area contributed by atoms with Crippen molar-refractivity contribution in [1.82, 2.24) is 9.80 Å². The fourth-order valence-electron chi connectivity index (χ4n) is 5.72. The molecule has 0 aromatic carbocycles. The molecular weight excluding hydrogens is 316 g/mol. The number of aliphatic hydroxyl groups is 1. The van der Waals surface area contributed by atoms with Crippen LogP contribution in [0.3, 0.4) is 0 Å². The van der Waals surface area contributed by atoms with Gasteiger partial charge in [0.15, 0.2) is 0 Å². The predicted molar refractivity (Wildman–Crippen MR) is 94.8 cm³/mol. The van der Waals surface area contributed by atoms with Crippen molar-refractivity contribution in [2.45, 2.75) is 88.8 Å². The Balaban J connectivity index is 1.42. The van der Waals surface area contributed by atoms with Gasteiger partial charge in [-0.2, -0.15) is 0 Å². The van der Waals surface area contributed by atoms with Crippen LogP contribution in [0, 0.1) is 11.8 Å². The fraction of sp³-hybridized carbons (Fsp3) is 0.900. The Hall–Kier alpha value is -1.10. The van der Waals surface area contributed by atoms with Crippen molar-refractivity contribution >= 4 is 11.8 Å². The summed E-state index contributed by atoms with van der Waals surface area (Å²) in [5.41, 5.74) is 0. The first-order chi connectivity index (χ1) is 12.2. The van der Waals surface area contributed by atoms with Gasteiger partial charge in [-0.15, -0.1) is 0 Å². The molecule has 3 atom stereocenters. The van der Waals surface area contributed by atoms with Gasteiger partial charge in [-0.3, -0.25) is 9.59 Å². The minimum atomic E-state index is -0.970. The molecule has 1 N–H and O–H groups in total. The van der Waals surface area contributed by atoms with Crippen molar-refractivity contribution in [3.63, 3.8) is 0 Å². The number of hydrogen-bond donors (Lipinski definition) is 1. The Morgan fingerprint density at radius 1 is 0.720 bits per heavy atom. The lowest BCUT2D eigenvalue weighted by atomic mass is 9.88. The van der Waals surface area contributed by atoms with Crippen molar-refractivity contribution in [3.05, 3.63) is 0 Å². The summed E-state index contributed by atoms with van der Waals surface area (Å²) < 4.78 is 0. The van der Waals surface area contributed by atoms with E-state index in [0.29, 0.717) is 12.6 Å². The van der Waals surface area contributed by atoms with Crippen LogP contribution < -0.4 is 0 Å². The Morgan fingerprint density at radius 2 is 1.28 bits per heavy atom. The van der Waals surface area contributed by atoms with Crippen molar-refractivity contribution in [2.24, 2.45) is 11.8 Å². The van der Waals surface area contributed by atoms with Crippen LogP contribution in [-0.4, -0.2) is 58.0 Å². The summed E-state index contributed by atoms with van der Waals surface area (Å²) in [6, 6.07) is 0.682. The Labute approximate surface area is 150 Å². The van der Waals surface area contributed by atoms with E-state index in [1.165, 1.54) is 38.5 Å². The minimum absolute atomic E-state index is 0.124. The van der Waals surface area contributed by atoms with Crippen LogP contribution in [0.4, 0.5) is 0 Å². The van der Waals surface area contributed by atoms with Gasteiger partial charge in [0, 0.05) is 37.0 Å². The van der Waals surface area contributed by atoms with Crippen LogP contribution in [0.25, 0.3) is 0 Å². The van der Waals surface area contributed by atoms with Crippen molar-refractivity contribution in [3.8, 4) is 0 Å². The lowest BCUT2D eigenvalue weighted by Gasteiger charge is -2.32. The van der Waals surface area contributed by atoms with E-state index in [2.05, 4.69) is 4.90 Å². The first-order valence-electron chi connectivity index (χ1n) is 10.5. The molecule has 4 fully saturated rings. The third-order valence-corrected chi connectivity index (χ3v) is 7.18. The summed E-state index contributed by atoms with van der Waals surface area (Å²) in [6.07, 6.45) is 11.5. The lowest BCUT2D eigenvalue weighted by molar-refractivity contribution is -0.138.